The summed E-state index contributed by atoms with van der Waals surface area (Å²) < 4.78 is 0. The number of carbonyl (C=O) groups is 2. The Morgan fingerprint density at radius 1 is 1.19 bits per heavy atom. The number of hydrogen-bond acceptors (Lipinski definition) is 2. The number of aliphatic carboxylic acids is 2. The third-order valence-electron chi connectivity index (χ3n) is 2.03. The van der Waals surface area contributed by atoms with E-state index in [9.17, 15) is 9.59 Å². The van der Waals surface area contributed by atoms with Gasteiger partial charge in [0.1, 0.15) is 0 Å². The van der Waals surface area contributed by atoms with Crippen molar-refractivity contribution in [3.63, 3.8) is 0 Å². The summed E-state index contributed by atoms with van der Waals surface area (Å²) in [7, 11) is 0. The molecule has 6 heteroatoms. The molecule has 0 aliphatic carbocycles. The lowest BCUT2D eigenvalue weighted by Crippen LogP contribution is -2.16. The fourth-order valence-electron chi connectivity index (χ4n) is 1.33. The standard InChI is InChI=1S/C10H8Cl2O4/c11-6-2-1-3-7(12)9(6)5(10(15)16)4-8(13)14/h1-3,5H,4H2,(H,13,14)(H,15,16)/t5-/m0/s1. The van der Waals surface area contributed by atoms with Gasteiger partial charge in [0.2, 0.25) is 0 Å². The van der Waals surface area contributed by atoms with Crippen molar-refractivity contribution in [2.24, 2.45) is 0 Å². The van der Waals surface area contributed by atoms with E-state index in [4.69, 9.17) is 33.4 Å². The molecular formula is C10H8Cl2O4. The van der Waals surface area contributed by atoms with E-state index in [1.54, 1.807) is 6.07 Å². The van der Waals surface area contributed by atoms with E-state index in [1.165, 1.54) is 12.1 Å². The molecule has 4 nitrogen and oxygen atoms in total. The Bertz CT molecular complexity index is 411. The molecule has 0 aromatic heterocycles. The molecule has 0 heterocycles. The summed E-state index contributed by atoms with van der Waals surface area (Å²) in [5, 5.41) is 17.9. The Morgan fingerprint density at radius 2 is 1.69 bits per heavy atom. The zero-order valence-electron chi connectivity index (χ0n) is 7.98. The van der Waals surface area contributed by atoms with E-state index in [0.717, 1.165) is 0 Å². The molecular weight excluding hydrogens is 255 g/mol. The Morgan fingerprint density at radius 3 is 2.06 bits per heavy atom. The van der Waals surface area contributed by atoms with Crippen LogP contribution < -0.4 is 0 Å². The second kappa shape index (κ2) is 5.18. The van der Waals surface area contributed by atoms with Crippen molar-refractivity contribution >= 4 is 35.1 Å². The fraction of sp³-hybridized carbons (Fsp3) is 0.200. The van der Waals surface area contributed by atoms with Crippen LogP contribution >= 0.6 is 23.2 Å². The van der Waals surface area contributed by atoms with Crippen molar-refractivity contribution in [2.45, 2.75) is 12.3 Å². The largest absolute Gasteiger partial charge is 0.481 e. The Hall–Kier alpha value is -1.26. The molecule has 0 amide bonds. The van der Waals surface area contributed by atoms with Gasteiger partial charge in [0.15, 0.2) is 0 Å². The van der Waals surface area contributed by atoms with Crippen molar-refractivity contribution in [3.05, 3.63) is 33.8 Å². The molecule has 0 bridgehead atoms. The van der Waals surface area contributed by atoms with Gasteiger partial charge in [-0.3, -0.25) is 9.59 Å². The first-order valence-electron chi connectivity index (χ1n) is 4.32. The maximum absolute atomic E-state index is 11.0. The summed E-state index contributed by atoms with van der Waals surface area (Å²) >= 11 is 11.6. The molecule has 1 aromatic carbocycles. The van der Waals surface area contributed by atoms with Gasteiger partial charge in [-0.15, -0.1) is 0 Å². The van der Waals surface area contributed by atoms with Crippen LogP contribution in [0.2, 0.25) is 10.0 Å². The number of carboxylic acid groups (broad SMARTS) is 2. The third kappa shape index (κ3) is 2.87. The van der Waals surface area contributed by atoms with Crippen LogP contribution in [0.4, 0.5) is 0 Å². The van der Waals surface area contributed by atoms with E-state index < -0.39 is 24.3 Å². The van der Waals surface area contributed by atoms with Gasteiger partial charge in [-0.25, -0.2) is 0 Å². The second-order valence-corrected chi connectivity index (χ2v) is 3.94. The molecule has 86 valence electrons. The van der Waals surface area contributed by atoms with Gasteiger partial charge in [0, 0.05) is 15.6 Å². The summed E-state index contributed by atoms with van der Waals surface area (Å²) in [6.07, 6.45) is -0.557. The van der Waals surface area contributed by atoms with Gasteiger partial charge in [-0.1, -0.05) is 29.3 Å². The van der Waals surface area contributed by atoms with Crippen molar-refractivity contribution in [2.75, 3.05) is 0 Å². The molecule has 0 saturated carbocycles. The van der Waals surface area contributed by atoms with Crippen LogP contribution in [0.3, 0.4) is 0 Å². The Kier molecular flexibility index (Phi) is 4.15. The highest BCUT2D eigenvalue weighted by Crippen LogP contribution is 2.33. The van der Waals surface area contributed by atoms with Crippen LogP contribution in [-0.4, -0.2) is 22.2 Å². The van der Waals surface area contributed by atoms with Crippen LogP contribution in [0.15, 0.2) is 18.2 Å². The van der Waals surface area contributed by atoms with Gasteiger partial charge < -0.3 is 10.2 Å². The predicted octanol–water partition coefficient (Wildman–Crippen LogP) is 2.64. The lowest BCUT2D eigenvalue weighted by atomic mass is 9.96. The minimum absolute atomic E-state index is 0.140. The molecule has 2 N–H and O–H groups in total. The first-order chi connectivity index (χ1) is 7.43. The van der Waals surface area contributed by atoms with Gasteiger partial charge in [0.05, 0.1) is 12.3 Å². The zero-order valence-corrected chi connectivity index (χ0v) is 9.50. The zero-order chi connectivity index (χ0) is 12.3. The number of benzene rings is 1. The van der Waals surface area contributed by atoms with Gasteiger partial charge in [-0.05, 0) is 12.1 Å². The maximum Gasteiger partial charge on any atom is 0.311 e. The first kappa shape index (κ1) is 12.8. The number of hydrogen-bond donors (Lipinski definition) is 2. The van der Waals surface area contributed by atoms with Gasteiger partial charge in [0.25, 0.3) is 0 Å². The molecule has 16 heavy (non-hydrogen) atoms. The molecule has 1 rings (SSSR count). The monoisotopic (exact) mass is 262 g/mol. The summed E-state index contributed by atoms with van der Waals surface area (Å²) in [6, 6.07) is 4.51. The summed E-state index contributed by atoms with van der Waals surface area (Å²) in [4.78, 5) is 21.5. The van der Waals surface area contributed by atoms with Crippen molar-refractivity contribution in [1.82, 2.24) is 0 Å². The molecule has 1 atom stereocenters. The molecule has 0 radical (unpaired) electrons. The molecule has 0 fully saturated rings. The first-order valence-corrected chi connectivity index (χ1v) is 5.07. The molecule has 0 unspecified atom stereocenters. The van der Waals surface area contributed by atoms with Crippen molar-refractivity contribution in [1.29, 1.82) is 0 Å². The number of rotatable bonds is 4. The smallest absolute Gasteiger partial charge is 0.311 e. The minimum Gasteiger partial charge on any atom is -0.481 e. The van der Waals surface area contributed by atoms with Crippen LogP contribution in [0.5, 0.6) is 0 Å². The third-order valence-corrected chi connectivity index (χ3v) is 2.68. The highest BCUT2D eigenvalue weighted by Gasteiger charge is 2.27. The Balaban J connectivity index is 3.20. The van der Waals surface area contributed by atoms with Crippen molar-refractivity contribution < 1.29 is 19.8 Å². The van der Waals surface area contributed by atoms with Crippen LogP contribution in [0.25, 0.3) is 0 Å². The quantitative estimate of drug-likeness (QED) is 0.875. The van der Waals surface area contributed by atoms with Crippen LogP contribution in [-0.2, 0) is 9.59 Å². The fourth-order valence-corrected chi connectivity index (χ4v) is 1.99. The average Bonchev–Trinajstić information content (AvgIpc) is 2.15. The number of halogens is 2. The number of carboxylic acids is 2. The molecule has 0 aliphatic heterocycles. The van der Waals surface area contributed by atoms with Crippen LogP contribution in [0, 0.1) is 0 Å². The molecule has 0 saturated heterocycles. The van der Waals surface area contributed by atoms with Crippen molar-refractivity contribution in [3.8, 4) is 0 Å². The topological polar surface area (TPSA) is 74.6 Å². The normalized spacial score (nSPS) is 12.1. The minimum atomic E-state index is -1.27. The molecule has 1 aromatic rings. The Labute approximate surface area is 101 Å². The SMILES string of the molecule is O=C(O)C[C@H](C(=O)O)c1c(Cl)cccc1Cl. The molecule has 0 aliphatic rings. The maximum atomic E-state index is 11.0. The van der Waals surface area contributed by atoms with E-state index in [2.05, 4.69) is 0 Å². The van der Waals surface area contributed by atoms with Gasteiger partial charge in [-0.2, -0.15) is 0 Å². The highest BCUT2D eigenvalue weighted by atomic mass is 35.5. The summed E-state index contributed by atoms with van der Waals surface area (Å²) in [5.74, 6) is -3.72. The summed E-state index contributed by atoms with van der Waals surface area (Å²) in [6.45, 7) is 0. The van der Waals surface area contributed by atoms with Crippen LogP contribution in [0.1, 0.15) is 17.9 Å². The van der Waals surface area contributed by atoms with E-state index in [0.29, 0.717) is 0 Å². The lowest BCUT2D eigenvalue weighted by molar-refractivity contribution is -0.145. The molecule has 0 spiro atoms. The predicted molar refractivity (Wildman–Crippen MR) is 59.1 cm³/mol. The average molecular weight is 263 g/mol. The second-order valence-electron chi connectivity index (χ2n) is 3.12. The lowest BCUT2D eigenvalue weighted by Gasteiger charge is -2.13. The van der Waals surface area contributed by atoms with E-state index in [1.807, 2.05) is 0 Å². The highest BCUT2D eigenvalue weighted by molar-refractivity contribution is 6.36. The summed E-state index contributed by atoms with van der Waals surface area (Å²) in [5.41, 5.74) is 0.140. The van der Waals surface area contributed by atoms with Gasteiger partial charge >= 0.3 is 11.9 Å². The van der Waals surface area contributed by atoms with E-state index >= 15 is 0 Å². The van der Waals surface area contributed by atoms with E-state index in [-0.39, 0.29) is 15.6 Å².